The second kappa shape index (κ2) is 4.85. The van der Waals surface area contributed by atoms with E-state index in [2.05, 4.69) is 20.9 Å². The number of aromatic nitrogens is 1. The van der Waals surface area contributed by atoms with Gasteiger partial charge in [0.2, 0.25) is 0 Å². The molecule has 1 fully saturated rings. The number of hydrogen-bond acceptors (Lipinski definition) is 3. The molecule has 1 N–H and O–H groups in total. The van der Waals surface area contributed by atoms with Crippen LogP contribution in [0.5, 0.6) is 0 Å². The maximum Gasteiger partial charge on any atom is 0.407 e. The Kier molecular flexibility index (Phi) is 3.18. The highest BCUT2D eigenvalue weighted by Gasteiger charge is 2.26. The van der Waals surface area contributed by atoms with Gasteiger partial charge in [0, 0.05) is 23.5 Å². The van der Waals surface area contributed by atoms with Crippen molar-refractivity contribution in [1.82, 2.24) is 9.88 Å². The summed E-state index contributed by atoms with van der Waals surface area (Å²) in [6, 6.07) is 5.75. The van der Waals surface area contributed by atoms with E-state index < -0.39 is 6.09 Å². The highest BCUT2D eigenvalue weighted by Crippen LogP contribution is 2.30. The van der Waals surface area contributed by atoms with Gasteiger partial charge in [-0.25, -0.2) is 9.78 Å². The number of hydrogen-bond donors (Lipinski definition) is 1. The van der Waals surface area contributed by atoms with Crippen LogP contribution in [0.2, 0.25) is 0 Å². The second-order valence-corrected chi connectivity index (χ2v) is 5.62. The number of benzene rings is 1. The Labute approximate surface area is 118 Å². The zero-order chi connectivity index (χ0) is 13.4. The third-order valence-corrected chi connectivity index (χ3v) is 3.97. The lowest BCUT2D eigenvalue weighted by Gasteiger charge is -2.28. The first-order chi connectivity index (χ1) is 9.13. The van der Waals surface area contributed by atoms with Crippen molar-refractivity contribution in [1.29, 1.82) is 0 Å². The smallest absolute Gasteiger partial charge is 0.407 e. The summed E-state index contributed by atoms with van der Waals surface area (Å²) in [6.45, 7) is 1.09. The van der Waals surface area contributed by atoms with Crippen molar-refractivity contribution >= 4 is 33.1 Å². The fourth-order valence-corrected chi connectivity index (χ4v) is 2.75. The van der Waals surface area contributed by atoms with Gasteiger partial charge in [0.15, 0.2) is 11.5 Å². The number of nitrogens with zero attached hydrogens (tertiary/aromatic N) is 2. The molecular weight excluding hydrogens is 312 g/mol. The van der Waals surface area contributed by atoms with Crippen LogP contribution in [0.25, 0.3) is 11.1 Å². The van der Waals surface area contributed by atoms with Gasteiger partial charge in [-0.2, -0.15) is 0 Å². The number of fused-ring (bicyclic) bond motifs is 1. The molecule has 6 heteroatoms. The molecule has 0 spiro atoms. The first kappa shape index (κ1) is 12.5. The summed E-state index contributed by atoms with van der Waals surface area (Å²) < 4.78 is 6.74. The third kappa shape index (κ3) is 2.45. The van der Waals surface area contributed by atoms with E-state index in [4.69, 9.17) is 9.52 Å². The molecule has 0 radical (unpaired) electrons. The topological polar surface area (TPSA) is 66.6 Å². The van der Waals surface area contributed by atoms with Gasteiger partial charge < -0.3 is 14.4 Å². The van der Waals surface area contributed by atoms with E-state index in [0.717, 1.165) is 34.3 Å². The van der Waals surface area contributed by atoms with Gasteiger partial charge in [0.1, 0.15) is 5.52 Å². The number of piperidine rings is 1. The Morgan fingerprint density at radius 2 is 2.16 bits per heavy atom. The highest BCUT2D eigenvalue weighted by molar-refractivity contribution is 9.10. The Morgan fingerprint density at radius 1 is 1.42 bits per heavy atom. The van der Waals surface area contributed by atoms with Crippen LogP contribution in [0.4, 0.5) is 4.79 Å². The van der Waals surface area contributed by atoms with Gasteiger partial charge in [-0.3, -0.25) is 0 Å². The van der Waals surface area contributed by atoms with Crippen LogP contribution < -0.4 is 0 Å². The quantitative estimate of drug-likeness (QED) is 0.872. The van der Waals surface area contributed by atoms with E-state index in [-0.39, 0.29) is 5.92 Å². The number of rotatable bonds is 1. The predicted octanol–water partition coefficient (Wildman–Crippen LogP) is 3.45. The average Bonchev–Trinajstić information content (AvgIpc) is 2.81. The van der Waals surface area contributed by atoms with Crippen LogP contribution in [0.15, 0.2) is 27.1 Å². The van der Waals surface area contributed by atoms with Crippen molar-refractivity contribution in [2.45, 2.75) is 18.8 Å². The minimum absolute atomic E-state index is 0.210. The molecule has 0 atom stereocenters. The molecule has 0 unspecified atom stereocenters. The summed E-state index contributed by atoms with van der Waals surface area (Å²) in [7, 11) is 0. The fourth-order valence-electron chi connectivity index (χ4n) is 2.41. The van der Waals surface area contributed by atoms with Crippen LogP contribution in [0.3, 0.4) is 0 Å². The molecule has 1 aromatic heterocycles. The molecule has 0 aliphatic carbocycles. The van der Waals surface area contributed by atoms with Crippen molar-refractivity contribution < 1.29 is 14.3 Å². The Balaban J connectivity index is 1.80. The summed E-state index contributed by atoms with van der Waals surface area (Å²) in [5.74, 6) is 0.930. The molecule has 1 aliphatic rings. The van der Waals surface area contributed by atoms with Crippen molar-refractivity contribution in [2.24, 2.45) is 0 Å². The van der Waals surface area contributed by atoms with Crippen molar-refractivity contribution in [2.75, 3.05) is 13.1 Å². The molecule has 100 valence electrons. The molecule has 2 aromatic rings. The van der Waals surface area contributed by atoms with Gasteiger partial charge >= 0.3 is 6.09 Å². The van der Waals surface area contributed by atoms with Crippen molar-refractivity contribution in [3.05, 3.63) is 28.6 Å². The lowest BCUT2D eigenvalue weighted by molar-refractivity contribution is 0.129. The van der Waals surface area contributed by atoms with E-state index in [1.165, 1.54) is 4.90 Å². The molecule has 3 rings (SSSR count). The molecule has 0 saturated carbocycles. The van der Waals surface area contributed by atoms with Gasteiger partial charge in [-0.15, -0.1) is 0 Å². The minimum atomic E-state index is -0.847. The molecule has 1 amide bonds. The molecular formula is C13H13BrN2O3. The number of halogens is 1. The average molecular weight is 325 g/mol. The van der Waals surface area contributed by atoms with Crippen molar-refractivity contribution in [3.63, 3.8) is 0 Å². The third-order valence-electron chi connectivity index (χ3n) is 3.48. The first-order valence-electron chi connectivity index (χ1n) is 6.17. The maximum absolute atomic E-state index is 10.9. The summed E-state index contributed by atoms with van der Waals surface area (Å²) in [5.41, 5.74) is 1.61. The van der Waals surface area contributed by atoms with Crippen LogP contribution >= 0.6 is 15.9 Å². The van der Waals surface area contributed by atoms with Crippen LogP contribution in [-0.2, 0) is 0 Å². The first-order valence-corrected chi connectivity index (χ1v) is 6.96. The number of oxazole rings is 1. The van der Waals surface area contributed by atoms with Crippen LogP contribution in [0.1, 0.15) is 24.7 Å². The zero-order valence-electron chi connectivity index (χ0n) is 10.2. The SMILES string of the molecule is O=C(O)N1CCC(c2nc3ccc(Br)cc3o2)CC1. The molecule has 2 heterocycles. The van der Waals surface area contributed by atoms with E-state index in [9.17, 15) is 4.79 Å². The minimum Gasteiger partial charge on any atom is -0.465 e. The summed E-state index contributed by atoms with van der Waals surface area (Å²) >= 11 is 3.40. The molecule has 1 aromatic carbocycles. The number of likely N-dealkylation sites (tertiary alicyclic amines) is 1. The van der Waals surface area contributed by atoms with Gasteiger partial charge in [-0.1, -0.05) is 15.9 Å². The monoisotopic (exact) mass is 324 g/mol. The fraction of sp³-hybridized carbons (Fsp3) is 0.385. The Hall–Kier alpha value is -1.56. The maximum atomic E-state index is 10.9. The van der Waals surface area contributed by atoms with E-state index in [1.54, 1.807) is 0 Å². The number of amides is 1. The van der Waals surface area contributed by atoms with Gasteiger partial charge in [0.05, 0.1) is 0 Å². The summed E-state index contributed by atoms with van der Waals surface area (Å²) in [6.07, 6.45) is 0.681. The molecule has 0 bridgehead atoms. The number of carbonyl (C=O) groups is 1. The molecule has 1 aliphatic heterocycles. The summed E-state index contributed by atoms with van der Waals surface area (Å²) in [4.78, 5) is 16.8. The van der Waals surface area contributed by atoms with E-state index in [0.29, 0.717) is 13.1 Å². The van der Waals surface area contributed by atoms with Gasteiger partial charge in [-0.05, 0) is 31.0 Å². The lowest BCUT2D eigenvalue weighted by Crippen LogP contribution is -2.36. The highest BCUT2D eigenvalue weighted by atomic mass is 79.9. The van der Waals surface area contributed by atoms with Crippen LogP contribution in [-0.4, -0.2) is 34.2 Å². The van der Waals surface area contributed by atoms with Crippen molar-refractivity contribution in [3.8, 4) is 0 Å². The van der Waals surface area contributed by atoms with Crippen LogP contribution in [0, 0.1) is 0 Å². The predicted molar refractivity (Wildman–Crippen MR) is 73.3 cm³/mol. The second-order valence-electron chi connectivity index (χ2n) is 4.71. The van der Waals surface area contributed by atoms with Gasteiger partial charge in [0.25, 0.3) is 0 Å². The summed E-state index contributed by atoms with van der Waals surface area (Å²) in [5, 5.41) is 8.92. The zero-order valence-corrected chi connectivity index (χ0v) is 11.8. The lowest BCUT2D eigenvalue weighted by atomic mass is 9.97. The Morgan fingerprint density at radius 3 is 2.84 bits per heavy atom. The standard InChI is InChI=1S/C13H13BrN2O3/c14-9-1-2-10-11(7-9)19-12(15-10)8-3-5-16(6-4-8)13(17)18/h1-2,7-8H,3-6H2,(H,17,18). The number of carboxylic acid groups (broad SMARTS) is 1. The normalized spacial score (nSPS) is 17.0. The van der Waals surface area contributed by atoms with E-state index >= 15 is 0 Å². The Bertz CT molecular complexity index is 617. The largest absolute Gasteiger partial charge is 0.465 e. The molecule has 1 saturated heterocycles. The van der Waals surface area contributed by atoms with E-state index in [1.807, 2.05) is 18.2 Å². The molecule has 19 heavy (non-hydrogen) atoms. The molecule has 5 nitrogen and oxygen atoms in total.